The summed E-state index contributed by atoms with van der Waals surface area (Å²) in [6.07, 6.45) is 0. The molecule has 0 amide bonds. The van der Waals surface area contributed by atoms with E-state index in [-0.39, 0.29) is 44.4 Å². The number of allylic oxidation sites excluding steroid dienone is 1. The molecule has 1 rings (SSSR count). The minimum atomic E-state index is -0.450. The zero-order valence-electron chi connectivity index (χ0n) is 9.00. The molecule has 0 unspecified atom stereocenters. The number of nitrogens with one attached hydrogen (secondary N) is 1. The number of hydrogen-bond acceptors (Lipinski definition) is 2. The molecule has 4 heteroatoms. The predicted octanol–water partition coefficient (Wildman–Crippen LogP) is 1.66. The summed E-state index contributed by atoms with van der Waals surface area (Å²) in [7, 11) is 1.93. The van der Waals surface area contributed by atoms with Gasteiger partial charge in [-0.2, -0.15) is 5.92 Å². The first kappa shape index (κ1) is 14.3. The van der Waals surface area contributed by atoms with E-state index in [1.165, 1.54) is 6.92 Å². The summed E-state index contributed by atoms with van der Waals surface area (Å²) >= 11 is 0. The number of nitrogens with zero attached hydrogens (tertiary/aromatic N) is 1. The second-order valence-corrected chi connectivity index (χ2v) is 3.67. The molecule has 0 aromatic rings. The molecule has 0 spiro atoms. The van der Waals surface area contributed by atoms with E-state index in [1.54, 1.807) is 0 Å². The molecule has 2 atom stereocenters. The van der Waals surface area contributed by atoms with Crippen molar-refractivity contribution in [1.29, 1.82) is 0 Å². The Morgan fingerprint density at radius 3 is 2.57 bits per heavy atom. The summed E-state index contributed by atoms with van der Waals surface area (Å²) in [6.45, 7) is 8.05. The molecule has 0 saturated carbocycles. The van der Waals surface area contributed by atoms with Gasteiger partial charge in [0.1, 0.15) is 0 Å². The zero-order chi connectivity index (χ0) is 10.2. The Kier molecular flexibility index (Phi) is 5.49. The Hall–Kier alpha value is 0.274. The van der Waals surface area contributed by atoms with Gasteiger partial charge in [-0.15, -0.1) is 6.04 Å². The van der Waals surface area contributed by atoms with Crippen LogP contribution in [0.4, 0.5) is 0 Å². The molecule has 0 aromatic heterocycles. The van der Waals surface area contributed by atoms with Crippen LogP contribution in [0.25, 0.3) is 5.73 Å². The van der Waals surface area contributed by atoms with E-state index < -0.39 is 6.04 Å². The van der Waals surface area contributed by atoms with Crippen LogP contribution in [0.15, 0.2) is 11.3 Å². The molecule has 0 fully saturated rings. The van der Waals surface area contributed by atoms with Crippen LogP contribution in [0.5, 0.6) is 0 Å². The van der Waals surface area contributed by atoms with Crippen molar-refractivity contribution in [2.75, 3.05) is 13.6 Å². The summed E-state index contributed by atoms with van der Waals surface area (Å²) in [5, 5.41) is 0. The molecular weight excluding hydrogens is 253 g/mol. The first-order chi connectivity index (χ1) is 5.95. The molecule has 1 aliphatic heterocycles. The Morgan fingerprint density at radius 1 is 1.64 bits per heavy atom. The van der Waals surface area contributed by atoms with Crippen molar-refractivity contribution in [3.63, 3.8) is 0 Å². The van der Waals surface area contributed by atoms with Gasteiger partial charge in [0.05, 0.1) is 0 Å². The predicted molar refractivity (Wildman–Crippen MR) is 53.0 cm³/mol. The average molecular weight is 269 g/mol. The number of hydrogen-bond donors (Lipinski definition) is 0. The van der Waals surface area contributed by atoms with Crippen molar-refractivity contribution in [3.8, 4) is 0 Å². The Morgan fingerprint density at radius 2 is 2.14 bits per heavy atom. The third kappa shape index (κ3) is 2.65. The summed E-state index contributed by atoms with van der Waals surface area (Å²) in [4.78, 5) is 13.3. The van der Waals surface area contributed by atoms with Crippen molar-refractivity contribution in [1.82, 2.24) is 4.90 Å². The molecule has 0 bridgehead atoms. The quantitative estimate of drug-likeness (QED) is 0.679. The van der Waals surface area contributed by atoms with Crippen LogP contribution >= 0.6 is 0 Å². The van der Waals surface area contributed by atoms with Gasteiger partial charge in [-0.25, -0.2) is 0 Å². The number of Topliss-reactive ketones (excluding diaryl/α,β-unsaturated/α-hetero) is 1. The summed E-state index contributed by atoms with van der Waals surface area (Å²) in [5.41, 5.74) is 9.36. The smallest absolute Gasteiger partial charge is 0.155 e. The number of carbonyl (C=O) groups is 1. The molecule has 0 aromatic carbocycles. The van der Waals surface area contributed by atoms with Gasteiger partial charge in [-0.3, -0.25) is 4.79 Å². The molecule has 1 radical (unpaired) electrons. The number of rotatable bonds is 1. The van der Waals surface area contributed by atoms with Crippen molar-refractivity contribution in [3.05, 3.63) is 23.9 Å². The van der Waals surface area contributed by atoms with Gasteiger partial charge >= 0.3 is 0 Å². The maximum absolute atomic E-state index is 11.3. The van der Waals surface area contributed by atoms with E-state index in [0.29, 0.717) is 5.57 Å². The van der Waals surface area contributed by atoms with Crippen LogP contribution < -0.4 is 0 Å². The molecule has 0 aliphatic carbocycles. The Bertz CT molecular complexity index is 263. The van der Waals surface area contributed by atoms with Crippen molar-refractivity contribution in [2.45, 2.75) is 19.9 Å². The zero-order valence-corrected chi connectivity index (χ0v) is 11.8. The first-order valence-corrected chi connectivity index (χ1v) is 4.42. The van der Waals surface area contributed by atoms with E-state index in [2.05, 4.69) is 6.92 Å². The van der Waals surface area contributed by atoms with Crippen molar-refractivity contribution < 1.29 is 37.5 Å². The molecule has 14 heavy (non-hydrogen) atoms. The number of ketones is 1. The van der Waals surface area contributed by atoms with E-state index in [1.807, 2.05) is 18.9 Å². The molecule has 77 valence electrons. The third-order valence-corrected chi connectivity index (χ3v) is 2.63. The van der Waals surface area contributed by atoms with E-state index in [0.717, 1.165) is 12.2 Å². The van der Waals surface area contributed by atoms with E-state index in [9.17, 15) is 4.79 Å². The Labute approximate surface area is 111 Å². The minimum Gasteiger partial charge on any atom is -0.673 e. The van der Waals surface area contributed by atoms with Gasteiger partial charge in [0.25, 0.3) is 0 Å². The van der Waals surface area contributed by atoms with Crippen LogP contribution in [0.3, 0.4) is 0 Å². The minimum absolute atomic E-state index is 0. The Balaban J connectivity index is 0.00000169. The second kappa shape index (κ2) is 5.38. The SMILES string of the molecule is [CH2-][C@@H]1CN(C)C(C)=C(C(C)=O)[C@@H]1[NH-].[Y]. The van der Waals surface area contributed by atoms with Gasteiger partial charge in [0, 0.05) is 45.5 Å². The standard InChI is InChI=1S/C10H16N2O.Y/c1-6-5-12(4)7(2)9(8(3)13)10(6)11;/h6,10-11H,1,5H2,2-4H3;/q-2;/t6-,10-;/m1./s1. The molecule has 1 N–H and O–H groups in total. The van der Waals surface area contributed by atoms with Crippen molar-refractivity contribution in [2.24, 2.45) is 5.92 Å². The molecule has 1 heterocycles. The van der Waals surface area contributed by atoms with Gasteiger partial charge < -0.3 is 17.6 Å². The van der Waals surface area contributed by atoms with Gasteiger partial charge in [-0.1, -0.05) is 0 Å². The van der Waals surface area contributed by atoms with Crippen LogP contribution in [-0.4, -0.2) is 30.3 Å². The van der Waals surface area contributed by atoms with Crippen molar-refractivity contribution >= 4 is 5.78 Å². The normalized spacial score (nSPS) is 27.4. The molecule has 3 nitrogen and oxygen atoms in total. The van der Waals surface area contributed by atoms with Crippen LogP contribution in [0.1, 0.15) is 13.8 Å². The summed E-state index contributed by atoms with van der Waals surface area (Å²) < 4.78 is 0. The van der Waals surface area contributed by atoms with Gasteiger partial charge in [-0.05, 0) is 26.0 Å². The number of carbonyl (C=O) groups excluding carboxylic acids is 1. The maximum Gasteiger partial charge on any atom is 0.155 e. The third-order valence-electron chi connectivity index (χ3n) is 2.63. The van der Waals surface area contributed by atoms with E-state index in [4.69, 9.17) is 5.73 Å². The topological polar surface area (TPSA) is 44.1 Å². The first-order valence-electron chi connectivity index (χ1n) is 4.42. The van der Waals surface area contributed by atoms with E-state index >= 15 is 0 Å². The fourth-order valence-corrected chi connectivity index (χ4v) is 1.73. The monoisotopic (exact) mass is 269 g/mol. The van der Waals surface area contributed by atoms with Crippen LogP contribution in [0.2, 0.25) is 0 Å². The average Bonchev–Trinajstić information content (AvgIpc) is 2.01. The molecule has 1 aliphatic rings. The maximum atomic E-state index is 11.3. The van der Waals surface area contributed by atoms with Crippen LogP contribution in [0, 0.1) is 12.8 Å². The largest absolute Gasteiger partial charge is 0.673 e. The molecular formula is C10H16N2OY-2. The van der Waals surface area contributed by atoms with Gasteiger partial charge in [0.2, 0.25) is 0 Å². The fraction of sp³-hybridized carbons (Fsp3) is 0.600. The van der Waals surface area contributed by atoms with Gasteiger partial charge in [0.15, 0.2) is 5.78 Å². The summed E-state index contributed by atoms with van der Waals surface area (Å²) in [5.74, 6) is -0.00898. The molecule has 0 saturated heterocycles. The second-order valence-electron chi connectivity index (χ2n) is 3.67. The fourth-order valence-electron chi connectivity index (χ4n) is 1.73. The van der Waals surface area contributed by atoms with Crippen LogP contribution in [-0.2, 0) is 37.5 Å². The summed E-state index contributed by atoms with van der Waals surface area (Å²) in [6, 6.07) is -0.450.